The van der Waals surface area contributed by atoms with Gasteiger partial charge in [0.05, 0.1) is 12.8 Å². The topological polar surface area (TPSA) is 78.9 Å². The van der Waals surface area contributed by atoms with Crippen LogP contribution in [0.5, 0.6) is 5.75 Å². The minimum atomic E-state index is -0.401. The van der Waals surface area contributed by atoms with Gasteiger partial charge in [-0.1, -0.05) is 6.92 Å². The van der Waals surface area contributed by atoms with E-state index in [4.69, 9.17) is 4.74 Å². The molecule has 2 heterocycles. The second-order valence-electron chi connectivity index (χ2n) is 9.42. The molecule has 8 nitrogen and oxygen atoms in total. The van der Waals surface area contributed by atoms with E-state index in [9.17, 15) is 14.0 Å². The van der Waals surface area contributed by atoms with Crippen molar-refractivity contribution in [2.45, 2.75) is 32.7 Å². The van der Waals surface area contributed by atoms with Crippen molar-refractivity contribution < 1.29 is 18.7 Å². The lowest BCUT2D eigenvalue weighted by molar-refractivity contribution is -0.132. The third-order valence-corrected chi connectivity index (χ3v) is 6.99. The van der Waals surface area contributed by atoms with Gasteiger partial charge in [-0.25, -0.2) is 4.39 Å². The van der Waals surface area contributed by atoms with E-state index in [0.29, 0.717) is 31.6 Å². The Morgan fingerprint density at radius 1 is 0.974 bits per heavy atom. The standard InChI is InChI=1S/C29H34FN5O3/c1-4-21(2)35(29(37)23-6-10-24(30)11-7-23)20-28(36)34-17-5-16-33(18-19-34)27-15-14-26(31-32-27)22-8-12-25(38-3)13-9-22/h6-15,21H,4-5,16-20H2,1-3H3/t21-/m1/s1. The molecule has 4 rings (SSSR count). The third kappa shape index (κ3) is 6.45. The van der Waals surface area contributed by atoms with Gasteiger partial charge < -0.3 is 19.4 Å². The predicted octanol–water partition coefficient (Wildman–Crippen LogP) is 4.27. The molecule has 0 aliphatic carbocycles. The molecular weight excluding hydrogens is 485 g/mol. The third-order valence-electron chi connectivity index (χ3n) is 6.99. The van der Waals surface area contributed by atoms with Crippen LogP contribution in [0.2, 0.25) is 0 Å². The minimum Gasteiger partial charge on any atom is -0.497 e. The van der Waals surface area contributed by atoms with E-state index in [1.807, 2.05) is 55.1 Å². The van der Waals surface area contributed by atoms with E-state index in [1.54, 1.807) is 12.0 Å². The molecule has 1 aliphatic heterocycles. The van der Waals surface area contributed by atoms with E-state index in [-0.39, 0.29) is 24.4 Å². The molecule has 0 unspecified atom stereocenters. The number of ether oxygens (including phenoxy) is 1. The minimum absolute atomic E-state index is 0.0123. The summed E-state index contributed by atoms with van der Waals surface area (Å²) in [6, 6.07) is 16.9. The fraction of sp³-hybridized carbons (Fsp3) is 0.379. The largest absolute Gasteiger partial charge is 0.497 e. The first kappa shape index (κ1) is 27.0. The Bertz CT molecular complexity index is 1220. The van der Waals surface area contributed by atoms with Gasteiger partial charge in [0.15, 0.2) is 5.82 Å². The quantitative estimate of drug-likeness (QED) is 0.442. The van der Waals surface area contributed by atoms with Gasteiger partial charge in [0.2, 0.25) is 5.91 Å². The van der Waals surface area contributed by atoms with Gasteiger partial charge >= 0.3 is 0 Å². The second-order valence-corrected chi connectivity index (χ2v) is 9.42. The SMILES string of the molecule is CC[C@@H](C)N(CC(=O)N1CCCN(c2ccc(-c3ccc(OC)cc3)nn2)CC1)C(=O)c1ccc(F)cc1. The molecule has 0 bridgehead atoms. The summed E-state index contributed by atoms with van der Waals surface area (Å²) in [5.41, 5.74) is 2.11. The Morgan fingerprint density at radius 2 is 1.71 bits per heavy atom. The van der Waals surface area contributed by atoms with Crippen molar-refractivity contribution in [1.82, 2.24) is 20.0 Å². The van der Waals surface area contributed by atoms with Crippen LogP contribution in [0.3, 0.4) is 0 Å². The molecule has 200 valence electrons. The number of carbonyl (C=O) groups excluding carboxylic acids is 2. The number of hydrogen-bond donors (Lipinski definition) is 0. The maximum Gasteiger partial charge on any atom is 0.254 e. The molecule has 2 amide bonds. The maximum atomic E-state index is 13.3. The molecule has 9 heteroatoms. The van der Waals surface area contributed by atoms with Gasteiger partial charge in [-0.3, -0.25) is 9.59 Å². The number of carbonyl (C=O) groups is 2. The van der Waals surface area contributed by atoms with Gasteiger partial charge in [-0.2, -0.15) is 0 Å². The van der Waals surface area contributed by atoms with Crippen molar-refractivity contribution in [2.75, 3.05) is 44.7 Å². The first-order valence-corrected chi connectivity index (χ1v) is 13.0. The molecule has 1 atom stereocenters. The molecule has 3 aromatic rings. The number of halogens is 1. The normalized spacial score (nSPS) is 14.5. The lowest BCUT2D eigenvalue weighted by atomic mass is 10.1. The zero-order valence-electron chi connectivity index (χ0n) is 22.1. The average Bonchev–Trinajstić information content (AvgIpc) is 3.22. The molecule has 0 N–H and O–H groups in total. The number of aromatic nitrogens is 2. The number of hydrogen-bond acceptors (Lipinski definition) is 6. The van der Waals surface area contributed by atoms with Crippen molar-refractivity contribution in [2.24, 2.45) is 0 Å². The van der Waals surface area contributed by atoms with Crippen LogP contribution < -0.4 is 9.64 Å². The number of anilines is 1. The van der Waals surface area contributed by atoms with Crippen molar-refractivity contribution >= 4 is 17.6 Å². The van der Waals surface area contributed by atoms with Crippen LogP contribution in [0.4, 0.5) is 10.2 Å². The van der Waals surface area contributed by atoms with Gasteiger partial charge in [-0.05, 0) is 80.4 Å². The fourth-order valence-corrected chi connectivity index (χ4v) is 4.46. The Labute approximate surface area is 223 Å². The van der Waals surface area contributed by atoms with Gasteiger partial charge in [-0.15, -0.1) is 10.2 Å². The van der Waals surface area contributed by atoms with Crippen LogP contribution in [0.15, 0.2) is 60.7 Å². The highest BCUT2D eigenvalue weighted by molar-refractivity contribution is 5.96. The molecule has 0 saturated carbocycles. The van der Waals surface area contributed by atoms with Crippen LogP contribution in [-0.4, -0.2) is 77.7 Å². The van der Waals surface area contributed by atoms with E-state index in [2.05, 4.69) is 15.1 Å². The summed E-state index contributed by atoms with van der Waals surface area (Å²) in [4.78, 5) is 32.0. The molecule has 1 aliphatic rings. The Morgan fingerprint density at radius 3 is 2.34 bits per heavy atom. The highest BCUT2D eigenvalue weighted by Crippen LogP contribution is 2.22. The molecule has 38 heavy (non-hydrogen) atoms. The summed E-state index contributed by atoms with van der Waals surface area (Å²) in [6.45, 7) is 6.40. The monoisotopic (exact) mass is 519 g/mol. The van der Waals surface area contributed by atoms with E-state index in [1.165, 1.54) is 24.3 Å². The molecular formula is C29H34FN5O3. The molecule has 1 aromatic heterocycles. The number of amides is 2. The van der Waals surface area contributed by atoms with Crippen LogP contribution >= 0.6 is 0 Å². The highest BCUT2D eigenvalue weighted by Gasteiger charge is 2.27. The van der Waals surface area contributed by atoms with Crippen molar-refractivity contribution in [1.29, 1.82) is 0 Å². The maximum absolute atomic E-state index is 13.3. The number of nitrogens with zero attached hydrogens (tertiary/aromatic N) is 5. The second kappa shape index (κ2) is 12.5. The summed E-state index contributed by atoms with van der Waals surface area (Å²) < 4.78 is 18.6. The lowest BCUT2D eigenvalue weighted by Crippen LogP contribution is -2.47. The van der Waals surface area contributed by atoms with Crippen molar-refractivity contribution in [3.63, 3.8) is 0 Å². The highest BCUT2D eigenvalue weighted by atomic mass is 19.1. The first-order valence-electron chi connectivity index (χ1n) is 13.0. The summed E-state index contributed by atoms with van der Waals surface area (Å²) >= 11 is 0. The van der Waals surface area contributed by atoms with E-state index < -0.39 is 5.82 Å². The summed E-state index contributed by atoms with van der Waals surface area (Å²) in [5.74, 6) is 0.792. The van der Waals surface area contributed by atoms with Crippen molar-refractivity contribution in [3.8, 4) is 17.0 Å². The summed E-state index contributed by atoms with van der Waals surface area (Å²) in [6.07, 6.45) is 1.49. The van der Waals surface area contributed by atoms with Crippen LogP contribution in [0.25, 0.3) is 11.3 Å². The first-order chi connectivity index (χ1) is 18.4. The summed E-state index contributed by atoms with van der Waals surface area (Å²) in [5, 5.41) is 8.85. The molecule has 0 radical (unpaired) electrons. The number of methoxy groups -OCH3 is 1. The van der Waals surface area contributed by atoms with E-state index in [0.717, 1.165) is 35.8 Å². The van der Waals surface area contributed by atoms with Crippen molar-refractivity contribution in [3.05, 3.63) is 72.0 Å². The smallest absolute Gasteiger partial charge is 0.254 e. The number of rotatable bonds is 8. The molecule has 0 spiro atoms. The number of benzene rings is 2. The van der Waals surface area contributed by atoms with Crippen LogP contribution in [0, 0.1) is 5.82 Å². The predicted molar refractivity (Wildman–Crippen MR) is 145 cm³/mol. The van der Waals surface area contributed by atoms with Gasteiger partial charge in [0, 0.05) is 43.3 Å². The zero-order chi connectivity index (χ0) is 27.1. The Kier molecular flexibility index (Phi) is 8.89. The molecule has 1 fully saturated rings. The van der Waals surface area contributed by atoms with Gasteiger partial charge in [0.1, 0.15) is 18.1 Å². The Hall–Kier alpha value is -4.01. The lowest BCUT2D eigenvalue weighted by Gasteiger charge is -2.31. The Balaban J connectivity index is 1.38. The fourth-order valence-electron chi connectivity index (χ4n) is 4.46. The van der Waals surface area contributed by atoms with Crippen LogP contribution in [-0.2, 0) is 4.79 Å². The average molecular weight is 520 g/mol. The van der Waals surface area contributed by atoms with Crippen LogP contribution in [0.1, 0.15) is 37.0 Å². The summed E-state index contributed by atoms with van der Waals surface area (Å²) in [7, 11) is 1.63. The zero-order valence-corrected chi connectivity index (χ0v) is 22.1. The molecule has 2 aromatic carbocycles. The van der Waals surface area contributed by atoms with E-state index >= 15 is 0 Å². The molecule has 1 saturated heterocycles. The van der Waals surface area contributed by atoms with Gasteiger partial charge in [0.25, 0.3) is 5.91 Å².